The Morgan fingerprint density at radius 3 is 1.94 bits per heavy atom. The summed E-state index contributed by atoms with van der Waals surface area (Å²) < 4.78 is 15.9. The quantitative estimate of drug-likeness (QED) is 0.405. The van der Waals surface area contributed by atoms with Gasteiger partial charge in [0.2, 0.25) is 5.75 Å². The van der Waals surface area contributed by atoms with Gasteiger partial charge in [-0.25, -0.2) is 0 Å². The van der Waals surface area contributed by atoms with Crippen molar-refractivity contribution < 1.29 is 19.0 Å². The van der Waals surface area contributed by atoms with Crippen LogP contribution >= 0.6 is 0 Å². The number of nitrogens with zero attached hydrogens (tertiary/aromatic N) is 1. The van der Waals surface area contributed by atoms with E-state index in [1.54, 1.807) is 12.1 Å². The summed E-state index contributed by atoms with van der Waals surface area (Å²) in [5, 5.41) is 7.27. The number of methoxy groups -OCH3 is 3. The molecule has 0 aliphatic heterocycles. The summed E-state index contributed by atoms with van der Waals surface area (Å²) in [5.74, 6) is 0.980. The third-order valence-electron chi connectivity index (χ3n) is 4.61. The number of hydrogen-bond donors (Lipinski definition) is 2. The minimum atomic E-state index is -0.289. The summed E-state index contributed by atoms with van der Waals surface area (Å²) in [6, 6.07) is 20.4. The molecule has 160 valence electrons. The first-order chi connectivity index (χ1) is 15.0. The van der Waals surface area contributed by atoms with Crippen LogP contribution in [0.1, 0.15) is 22.8 Å². The van der Waals surface area contributed by atoms with Gasteiger partial charge in [0.15, 0.2) is 11.5 Å². The van der Waals surface area contributed by atoms with Crippen LogP contribution in [-0.2, 0) is 0 Å². The third-order valence-corrected chi connectivity index (χ3v) is 4.61. The van der Waals surface area contributed by atoms with E-state index in [1.165, 1.54) is 21.3 Å². The number of carbonyl (C=O) groups is 1. The third kappa shape index (κ3) is 5.33. The summed E-state index contributed by atoms with van der Waals surface area (Å²) in [6.45, 7) is 1.92. The van der Waals surface area contributed by atoms with Crippen LogP contribution in [0.15, 0.2) is 71.8 Å². The summed E-state index contributed by atoms with van der Waals surface area (Å²) in [4.78, 5) is 12.7. The molecule has 0 saturated heterocycles. The Balaban J connectivity index is 1.71. The van der Waals surface area contributed by atoms with Crippen molar-refractivity contribution >= 4 is 23.0 Å². The molecule has 0 bridgehead atoms. The van der Waals surface area contributed by atoms with Crippen LogP contribution in [0.2, 0.25) is 0 Å². The molecule has 0 aliphatic carbocycles. The average Bonchev–Trinajstić information content (AvgIpc) is 2.82. The van der Waals surface area contributed by atoms with Crippen LogP contribution in [0.5, 0.6) is 17.2 Å². The van der Waals surface area contributed by atoms with Gasteiger partial charge in [0, 0.05) is 11.3 Å². The second kappa shape index (κ2) is 10.2. The first-order valence-corrected chi connectivity index (χ1v) is 9.63. The van der Waals surface area contributed by atoms with Crippen molar-refractivity contribution in [3.05, 3.63) is 77.9 Å². The summed E-state index contributed by atoms with van der Waals surface area (Å²) in [7, 11) is 4.53. The molecular formula is C24H25N3O4. The van der Waals surface area contributed by atoms with Crippen molar-refractivity contribution in [2.45, 2.75) is 6.92 Å². The molecule has 3 rings (SSSR count). The fraction of sp³-hybridized carbons (Fsp3) is 0.167. The predicted octanol–water partition coefficient (Wildman–Crippen LogP) is 4.80. The summed E-state index contributed by atoms with van der Waals surface area (Å²) in [5.41, 5.74) is 6.75. The number of nitrogens with one attached hydrogen (secondary N) is 2. The minimum Gasteiger partial charge on any atom is -0.493 e. The molecule has 0 radical (unpaired) electrons. The lowest BCUT2D eigenvalue weighted by molar-refractivity contribution is 0.102. The fourth-order valence-corrected chi connectivity index (χ4v) is 2.94. The molecule has 31 heavy (non-hydrogen) atoms. The van der Waals surface area contributed by atoms with Gasteiger partial charge in [-0.05, 0) is 48.9 Å². The number of para-hydroxylation sites is 1. The Morgan fingerprint density at radius 1 is 0.774 bits per heavy atom. The zero-order chi connectivity index (χ0) is 22.2. The predicted molar refractivity (Wildman–Crippen MR) is 123 cm³/mol. The van der Waals surface area contributed by atoms with Crippen molar-refractivity contribution in [3.63, 3.8) is 0 Å². The summed E-state index contributed by atoms with van der Waals surface area (Å²) >= 11 is 0. The lowest BCUT2D eigenvalue weighted by Crippen LogP contribution is -2.12. The monoisotopic (exact) mass is 419 g/mol. The van der Waals surface area contributed by atoms with E-state index < -0.39 is 0 Å². The second-order valence-electron chi connectivity index (χ2n) is 6.62. The van der Waals surface area contributed by atoms with Gasteiger partial charge in [-0.1, -0.05) is 30.3 Å². The highest BCUT2D eigenvalue weighted by molar-refractivity contribution is 6.05. The molecule has 7 heteroatoms. The van der Waals surface area contributed by atoms with Gasteiger partial charge in [0.25, 0.3) is 5.91 Å². The Labute approximate surface area is 181 Å². The van der Waals surface area contributed by atoms with E-state index in [0.717, 1.165) is 17.0 Å². The molecule has 3 aromatic carbocycles. The van der Waals surface area contributed by atoms with Gasteiger partial charge in [-0.3, -0.25) is 10.2 Å². The van der Waals surface area contributed by atoms with E-state index in [4.69, 9.17) is 14.2 Å². The average molecular weight is 419 g/mol. The van der Waals surface area contributed by atoms with Crippen LogP contribution in [0, 0.1) is 0 Å². The number of hydrazone groups is 1. The van der Waals surface area contributed by atoms with Crippen molar-refractivity contribution in [2.75, 3.05) is 32.1 Å². The van der Waals surface area contributed by atoms with Crippen molar-refractivity contribution in [1.29, 1.82) is 0 Å². The van der Waals surface area contributed by atoms with Crippen molar-refractivity contribution in [1.82, 2.24) is 0 Å². The number of amides is 1. The molecule has 2 N–H and O–H groups in total. The lowest BCUT2D eigenvalue weighted by atomic mass is 10.1. The molecule has 0 fully saturated rings. The van der Waals surface area contributed by atoms with Crippen LogP contribution in [0.3, 0.4) is 0 Å². The second-order valence-corrected chi connectivity index (χ2v) is 6.62. The summed E-state index contributed by atoms with van der Waals surface area (Å²) in [6.07, 6.45) is 0. The van der Waals surface area contributed by atoms with Gasteiger partial charge in [-0.15, -0.1) is 0 Å². The van der Waals surface area contributed by atoms with Gasteiger partial charge < -0.3 is 19.5 Å². The molecule has 0 atom stereocenters. The van der Waals surface area contributed by atoms with Crippen molar-refractivity contribution in [2.24, 2.45) is 5.10 Å². The van der Waals surface area contributed by atoms with E-state index in [-0.39, 0.29) is 5.91 Å². The highest BCUT2D eigenvalue weighted by Crippen LogP contribution is 2.38. The van der Waals surface area contributed by atoms with Gasteiger partial charge in [0.1, 0.15) is 0 Å². The van der Waals surface area contributed by atoms with Crippen molar-refractivity contribution in [3.8, 4) is 17.2 Å². The Morgan fingerprint density at radius 2 is 1.39 bits per heavy atom. The van der Waals surface area contributed by atoms with E-state index in [0.29, 0.717) is 28.5 Å². The van der Waals surface area contributed by atoms with Crippen LogP contribution in [-0.4, -0.2) is 32.9 Å². The lowest BCUT2D eigenvalue weighted by Gasteiger charge is -2.14. The highest BCUT2D eigenvalue weighted by atomic mass is 16.5. The highest BCUT2D eigenvalue weighted by Gasteiger charge is 2.17. The van der Waals surface area contributed by atoms with Gasteiger partial charge in [0.05, 0.1) is 32.7 Å². The molecule has 7 nitrogen and oxygen atoms in total. The SMILES string of the molecule is COc1cc(C(=O)Nc2ccc(/C(C)=N\Nc3ccccc3)cc2)cc(OC)c1OC. The molecule has 0 aliphatic rings. The molecule has 1 amide bonds. The van der Waals surface area contributed by atoms with Crippen LogP contribution in [0.25, 0.3) is 0 Å². The van der Waals surface area contributed by atoms with E-state index in [9.17, 15) is 4.79 Å². The maximum absolute atomic E-state index is 12.7. The normalized spacial score (nSPS) is 10.9. The Hall–Kier alpha value is -4.00. The number of benzene rings is 3. The number of carbonyl (C=O) groups excluding carboxylic acids is 1. The standard InChI is InChI=1S/C24H25N3O4/c1-16(26-27-20-8-6-5-7-9-20)17-10-12-19(13-11-17)25-24(28)18-14-21(29-2)23(31-4)22(15-18)30-3/h5-15,27H,1-4H3,(H,25,28)/b26-16-. The molecule has 0 aromatic heterocycles. The van der Waals surface area contributed by atoms with Crippen LogP contribution < -0.4 is 25.0 Å². The van der Waals surface area contributed by atoms with E-state index >= 15 is 0 Å². The van der Waals surface area contributed by atoms with Gasteiger partial charge >= 0.3 is 0 Å². The molecule has 0 heterocycles. The smallest absolute Gasteiger partial charge is 0.255 e. The molecule has 0 spiro atoms. The fourth-order valence-electron chi connectivity index (χ4n) is 2.94. The van der Waals surface area contributed by atoms with Gasteiger partial charge in [-0.2, -0.15) is 5.10 Å². The number of ether oxygens (including phenoxy) is 3. The number of rotatable bonds is 8. The first kappa shape index (κ1) is 21.7. The molecular weight excluding hydrogens is 394 g/mol. The molecule has 0 saturated carbocycles. The molecule has 0 unspecified atom stereocenters. The van der Waals surface area contributed by atoms with E-state index in [1.807, 2.05) is 61.5 Å². The zero-order valence-electron chi connectivity index (χ0n) is 17.9. The maximum atomic E-state index is 12.7. The number of anilines is 2. The minimum absolute atomic E-state index is 0.289. The Kier molecular flexibility index (Phi) is 7.11. The molecule has 3 aromatic rings. The zero-order valence-corrected chi connectivity index (χ0v) is 17.9. The van der Waals surface area contributed by atoms with Crippen LogP contribution in [0.4, 0.5) is 11.4 Å². The first-order valence-electron chi connectivity index (χ1n) is 9.63. The number of hydrogen-bond acceptors (Lipinski definition) is 6. The van der Waals surface area contributed by atoms with E-state index in [2.05, 4.69) is 15.8 Å². The Bertz CT molecular complexity index is 1040. The maximum Gasteiger partial charge on any atom is 0.255 e. The largest absolute Gasteiger partial charge is 0.493 e. The topological polar surface area (TPSA) is 81.2 Å².